The fraction of sp³-hybridized carbons (Fsp3) is 0.250. The van der Waals surface area contributed by atoms with Gasteiger partial charge in [0.25, 0.3) is 0 Å². The van der Waals surface area contributed by atoms with Crippen molar-refractivity contribution in [3.8, 4) is 0 Å². The summed E-state index contributed by atoms with van der Waals surface area (Å²) in [6.07, 6.45) is -4.76. The van der Waals surface area contributed by atoms with Crippen LogP contribution >= 0.6 is 0 Å². The predicted octanol–water partition coefficient (Wildman–Crippen LogP) is 1.89. The van der Waals surface area contributed by atoms with Crippen LogP contribution in [0, 0.1) is 5.95 Å². The summed E-state index contributed by atoms with van der Waals surface area (Å²) >= 11 is 0. The van der Waals surface area contributed by atoms with Crippen LogP contribution in [0.2, 0.25) is 0 Å². The molecule has 76 valence electrons. The molecule has 0 unspecified atom stereocenters. The number of carbonyl (C=O) groups excluding carboxylic acids is 1. The van der Waals surface area contributed by atoms with Gasteiger partial charge in [-0.05, 0) is 11.6 Å². The van der Waals surface area contributed by atoms with E-state index in [9.17, 15) is 22.4 Å². The van der Waals surface area contributed by atoms with Crippen molar-refractivity contribution < 1.29 is 22.4 Å². The van der Waals surface area contributed by atoms with Crippen molar-refractivity contribution in [2.75, 3.05) is 0 Å². The number of carbonyl (C=O) groups is 1. The molecular weight excluding hydrogens is 202 g/mol. The van der Waals surface area contributed by atoms with E-state index in [1.807, 2.05) is 0 Å². The standard InChI is InChI=1S/C8H5F4NO/c9-7-2-1-5(4-13-7)3-6(14)8(10,11)12/h1-2,4H,3H2. The van der Waals surface area contributed by atoms with E-state index < -0.39 is 24.3 Å². The van der Waals surface area contributed by atoms with Crippen LogP contribution < -0.4 is 0 Å². The largest absolute Gasteiger partial charge is 0.450 e. The van der Waals surface area contributed by atoms with E-state index in [1.165, 1.54) is 0 Å². The molecule has 0 N–H and O–H groups in total. The molecule has 0 aliphatic carbocycles. The SMILES string of the molecule is O=C(Cc1ccc(F)nc1)C(F)(F)F. The molecule has 0 atom stereocenters. The molecule has 0 aliphatic heterocycles. The van der Waals surface area contributed by atoms with Crippen LogP contribution in [-0.4, -0.2) is 16.9 Å². The molecule has 0 aromatic carbocycles. The number of hydrogen-bond donors (Lipinski definition) is 0. The minimum absolute atomic E-state index is 0.0359. The molecule has 6 heteroatoms. The summed E-state index contributed by atoms with van der Waals surface area (Å²) in [5, 5.41) is 0. The lowest BCUT2D eigenvalue weighted by Gasteiger charge is -2.04. The zero-order valence-corrected chi connectivity index (χ0v) is 6.81. The number of hydrogen-bond acceptors (Lipinski definition) is 2. The van der Waals surface area contributed by atoms with E-state index in [0.717, 1.165) is 18.3 Å². The van der Waals surface area contributed by atoms with Crippen molar-refractivity contribution in [1.29, 1.82) is 0 Å². The highest BCUT2D eigenvalue weighted by atomic mass is 19.4. The maximum absolute atomic E-state index is 12.2. The number of aromatic nitrogens is 1. The molecule has 0 radical (unpaired) electrons. The van der Waals surface area contributed by atoms with Gasteiger partial charge in [-0.1, -0.05) is 6.07 Å². The Balaban J connectivity index is 2.71. The number of halogens is 4. The Kier molecular flexibility index (Phi) is 2.83. The molecule has 0 spiro atoms. The van der Waals surface area contributed by atoms with Crippen LogP contribution in [0.5, 0.6) is 0 Å². The fourth-order valence-electron chi connectivity index (χ4n) is 0.797. The molecule has 1 aromatic rings. The van der Waals surface area contributed by atoms with Crippen LogP contribution in [0.1, 0.15) is 5.56 Å². The van der Waals surface area contributed by atoms with E-state index in [0.29, 0.717) is 0 Å². The van der Waals surface area contributed by atoms with Gasteiger partial charge in [-0.3, -0.25) is 4.79 Å². The van der Waals surface area contributed by atoms with Gasteiger partial charge in [0.05, 0.1) is 0 Å². The fourth-order valence-corrected chi connectivity index (χ4v) is 0.797. The first kappa shape index (κ1) is 10.6. The molecule has 0 saturated carbocycles. The average molecular weight is 207 g/mol. The first-order chi connectivity index (χ1) is 6.39. The first-order valence-electron chi connectivity index (χ1n) is 3.60. The minimum Gasteiger partial charge on any atom is -0.289 e. The number of pyridine rings is 1. The Morgan fingerprint density at radius 2 is 2.00 bits per heavy atom. The lowest BCUT2D eigenvalue weighted by molar-refractivity contribution is -0.170. The summed E-state index contributed by atoms with van der Waals surface area (Å²) in [5.74, 6) is -2.67. The second kappa shape index (κ2) is 3.73. The van der Waals surface area contributed by atoms with Crippen molar-refractivity contribution in [2.24, 2.45) is 0 Å². The van der Waals surface area contributed by atoms with Gasteiger partial charge in [0.15, 0.2) is 0 Å². The summed E-state index contributed by atoms with van der Waals surface area (Å²) in [5.41, 5.74) is 0.0359. The third-order valence-corrected chi connectivity index (χ3v) is 1.47. The Morgan fingerprint density at radius 1 is 1.36 bits per heavy atom. The Morgan fingerprint density at radius 3 is 2.43 bits per heavy atom. The van der Waals surface area contributed by atoms with Crippen molar-refractivity contribution in [1.82, 2.24) is 4.98 Å². The van der Waals surface area contributed by atoms with Crippen molar-refractivity contribution in [3.63, 3.8) is 0 Å². The van der Waals surface area contributed by atoms with Gasteiger partial charge in [0, 0.05) is 12.6 Å². The molecule has 0 amide bonds. The van der Waals surface area contributed by atoms with Crippen LogP contribution in [0.15, 0.2) is 18.3 Å². The van der Waals surface area contributed by atoms with Crippen LogP contribution in [0.25, 0.3) is 0 Å². The minimum atomic E-state index is -4.85. The Hall–Kier alpha value is -1.46. The second-order valence-electron chi connectivity index (χ2n) is 2.59. The predicted molar refractivity (Wildman–Crippen MR) is 39.0 cm³/mol. The quantitative estimate of drug-likeness (QED) is 0.547. The molecule has 0 bridgehead atoms. The molecule has 1 rings (SSSR count). The number of nitrogens with zero attached hydrogens (tertiary/aromatic N) is 1. The molecule has 14 heavy (non-hydrogen) atoms. The van der Waals surface area contributed by atoms with Crippen molar-refractivity contribution >= 4 is 5.78 Å². The van der Waals surface area contributed by atoms with E-state index in [4.69, 9.17) is 0 Å². The van der Waals surface area contributed by atoms with Crippen molar-refractivity contribution in [3.05, 3.63) is 29.8 Å². The van der Waals surface area contributed by atoms with Crippen LogP contribution in [-0.2, 0) is 11.2 Å². The third-order valence-electron chi connectivity index (χ3n) is 1.47. The van der Waals surface area contributed by atoms with Crippen LogP contribution in [0.3, 0.4) is 0 Å². The highest BCUT2D eigenvalue weighted by Crippen LogP contribution is 2.18. The molecule has 0 fully saturated rings. The summed E-state index contributed by atoms with van der Waals surface area (Å²) in [6, 6.07) is 1.99. The van der Waals surface area contributed by atoms with Gasteiger partial charge in [0.2, 0.25) is 11.7 Å². The van der Waals surface area contributed by atoms with E-state index >= 15 is 0 Å². The van der Waals surface area contributed by atoms with E-state index in [-0.39, 0.29) is 5.56 Å². The summed E-state index contributed by atoms with van der Waals surface area (Å²) in [7, 11) is 0. The average Bonchev–Trinajstić information content (AvgIpc) is 2.07. The van der Waals surface area contributed by atoms with Gasteiger partial charge in [0.1, 0.15) is 0 Å². The zero-order chi connectivity index (χ0) is 10.8. The van der Waals surface area contributed by atoms with Crippen LogP contribution in [0.4, 0.5) is 17.6 Å². The number of rotatable bonds is 2. The highest BCUT2D eigenvalue weighted by Gasteiger charge is 2.37. The lowest BCUT2D eigenvalue weighted by atomic mass is 10.1. The normalized spacial score (nSPS) is 11.4. The van der Waals surface area contributed by atoms with Gasteiger partial charge in [-0.25, -0.2) is 4.98 Å². The number of Topliss-reactive ketones (excluding diaryl/α,β-unsaturated/α-hetero) is 1. The molecule has 1 aromatic heterocycles. The maximum Gasteiger partial charge on any atom is 0.450 e. The van der Waals surface area contributed by atoms with Gasteiger partial charge < -0.3 is 0 Å². The van der Waals surface area contributed by atoms with Gasteiger partial charge in [-0.2, -0.15) is 17.6 Å². The molecule has 0 aliphatic rings. The maximum atomic E-state index is 12.2. The number of alkyl halides is 3. The molecule has 0 saturated heterocycles. The van der Waals surface area contributed by atoms with Gasteiger partial charge in [-0.15, -0.1) is 0 Å². The number of ketones is 1. The Labute approximate surface area is 76.6 Å². The highest BCUT2D eigenvalue weighted by molar-refractivity contribution is 5.85. The summed E-state index contributed by atoms with van der Waals surface area (Å²) in [6.45, 7) is 0. The van der Waals surface area contributed by atoms with E-state index in [1.54, 1.807) is 0 Å². The second-order valence-corrected chi connectivity index (χ2v) is 2.59. The monoisotopic (exact) mass is 207 g/mol. The third kappa shape index (κ3) is 2.79. The summed E-state index contributed by atoms with van der Waals surface area (Å²) < 4.78 is 47.5. The summed E-state index contributed by atoms with van der Waals surface area (Å²) in [4.78, 5) is 13.6. The molecule has 1 heterocycles. The molecule has 2 nitrogen and oxygen atoms in total. The smallest absolute Gasteiger partial charge is 0.289 e. The molecular formula is C8H5F4NO. The lowest BCUT2D eigenvalue weighted by Crippen LogP contribution is -2.24. The first-order valence-corrected chi connectivity index (χ1v) is 3.60. The topological polar surface area (TPSA) is 30.0 Å². The van der Waals surface area contributed by atoms with Crippen molar-refractivity contribution in [2.45, 2.75) is 12.6 Å². The van der Waals surface area contributed by atoms with Gasteiger partial charge >= 0.3 is 6.18 Å². The Bertz CT molecular complexity index is 330. The van der Waals surface area contributed by atoms with E-state index in [2.05, 4.69) is 4.98 Å². The zero-order valence-electron chi connectivity index (χ0n) is 6.81.